The summed E-state index contributed by atoms with van der Waals surface area (Å²) in [4.78, 5) is 12.3. The summed E-state index contributed by atoms with van der Waals surface area (Å²) in [7, 11) is 0. The Labute approximate surface area is 143 Å². The molecule has 1 aliphatic heterocycles. The van der Waals surface area contributed by atoms with Crippen LogP contribution < -0.4 is 10.6 Å². The lowest BCUT2D eigenvalue weighted by atomic mass is 9.90. The standard InChI is InChI=1S/C18H28N4O2/c1-18(9-11-24-16(18)13-6-7-13)20-17(23)19-12-14-8-10-22(21-14)15-4-2-3-5-15/h8,10,13,15-16H,2-7,9,11-12H2,1H3,(H2,19,20,23)/t16-,18+/m1/s1. The number of amides is 2. The summed E-state index contributed by atoms with van der Waals surface area (Å²) in [6, 6.07) is 2.43. The molecule has 2 aliphatic carbocycles. The van der Waals surface area contributed by atoms with E-state index >= 15 is 0 Å². The van der Waals surface area contributed by atoms with Gasteiger partial charge in [0.25, 0.3) is 0 Å². The van der Waals surface area contributed by atoms with Gasteiger partial charge >= 0.3 is 6.03 Å². The topological polar surface area (TPSA) is 68.2 Å². The fraction of sp³-hybridized carbons (Fsp3) is 0.778. The number of ether oxygens (including phenoxy) is 1. The summed E-state index contributed by atoms with van der Waals surface area (Å²) in [5.74, 6) is 0.625. The molecule has 0 aromatic carbocycles. The molecule has 6 nitrogen and oxygen atoms in total. The van der Waals surface area contributed by atoms with Crippen LogP contribution in [0.25, 0.3) is 0 Å². The Balaban J connectivity index is 1.28. The molecule has 132 valence electrons. The van der Waals surface area contributed by atoms with Crippen LogP contribution >= 0.6 is 0 Å². The van der Waals surface area contributed by atoms with Crippen LogP contribution in [-0.4, -0.2) is 34.1 Å². The molecule has 4 rings (SSSR count). The van der Waals surface area contributed by atoms with Crippen molar-refractivity contribution in [2.45, 2.75) is 76.1 Å². The first-order valence-electron chi connectivity index (χ1n) is 9.36. The Hall–Kier alpha value is -1.56. The molecule has 2 amide bonds. The monoisotopic (exact) mass is 332 g/mol. The van der Waals surface area contributed by atoms with Crippen molar-refractivity contribution < 1.29 is 9.53 Å². The Morgan fingerprint density at radius 2 is 2.17 bits per heavy atom. The first-order valence-corrected chi connectivity index (χ1v) is 9.36. The molecule has 2 heterocycles. The summed E-state index contributed by atoms with van der Waals surface area (Å²) < 4.78 is 7.92. The Bertz CT molecular complexity index is 592. The highest BCUT2D eigenvalue weighted by Crippen LogP contribution is 2.43. The maximum absolute atomic E-state index is 12.3. The summed E-state index contributed by atoms with van der Waals surface area (Å²) in [6.45, 7) is 3.32. The molecule has 1 saturated heterocycles. The zero-order chi connectivity index (χ0) is 16.6. The van der Waals surface area contributed by atoms with Crippen molar-refractivity contribution >= 4 is 6.03 Å². The van der Waals surface area contributed by atoms with Gasteiger partial charge in [-0.3, -0.25) is 4.68 Å². The minimum absolute atomic E-state index is 0.121. The van der Waals surface area contributed by atoms with Gasteiger partial charge in [-0.25, -0.2) is 4.79 Å². The number of nitrogens with one attached hydrogen (secondary N) is 2. The van der Waals surface area contributed by atoms with Crippen molar-refractivity contribution in [1.82, 2.24) is 20.4 Å². The number of hydrogen-bond donors (Lipinski definition) is 2. The van der Waals surface area contributed by atoms with E-state index in [0.29, 0.717) is 18.5 Å². The summed E-state index contributed by atoms with van der Waals surface area (Å²) in [6.07, 6.45) is 10.6. The highest BCUT2D eigenvalue weighted by molar-refractivity contribution is 5.74. The van der Waals surface area contributed by atoms with Gasteiger partial charge in [-0.05, 0) is 51.0 Å². The van der Waals surface area contributed by atoms with E-state index in [1.807, 2.05) is 12.3 Å². The van der Waals surface area contributed by atoms with Gasteiger partial charge in [0, 0.05) is 12.8 Å². The third kappa shape index (κ3) is 3.29. The Morgan fingerprint density at radius 1 is 1.38 bits per heavy atom. The van der Waals surface area contributed by atoms with E-state index in [0.717, 1.165) is 18.7 Å². The highest BCUT2D eigenvalue weighted by Gasteiger charge is 2.48. The second-order valence-corrected chi connectivity index (χ2v) is 7.83. The van der Waals surface area contributed by atoms with Crippen molar-refractivity contribution in [1.29, 1.82) is 0 Å². The molecule has 2 atom stereocenters. The SMILES string of the molecule is C[C@]1(NC(=O)NCc2ccn(C3CCCC3)n2)CCO[C@@H]1C1CC1. The molecule has 0 spiro atoms. The first kappa shape index (κ1) is 15.9. The largest absolute Gasteiger partial charge is 0.375 e. The number of carbonyl (C=O) groups is 1. The lowest BCUT2D eigenvalue weighted by molar-refractivity contribution is 0.0591. The van der Waals surface area contributed by atoms with Gasteiger partial charge in [0.2, 0.25) is 0 Å². The molecule has 2 saturated carbocycles. The Morgan fingerprint density at radius 3 is 2.92 bits per heavy atom. The number of urea groups is 1. The van der Waals surface area contributed by atoms with Gasteiger partial charge in [0.15, 0.2) is 0 Å². The number of carbonyl (C=O) groups excluding carboxylic acids is 1. The fourth-order valence-electron chi connectivity index (χ4n) is 4.23. The second kappa shape index (κ2) is 6.39. The van der Waals surface area contributed by atoms with E-state index in [1.165, 1.54) is 38.5 Å². The average molecular weight is 332 g/mol. The molecular weight excluding hydrogens is 304 g/mol. The maximum Gasteiger partial charge on any atom is 0.315 e. The van der Waals surface area contributed by atoms with E-state index < -0.39 is 0 Å². The predicted octanol–water partition coefficient (Wildman–Crippen LogP) is 2.76. The molecule has 2 N–H and O–H groups in total. The number of hydrogen-bond acceptors (Lipinski definition) is 3. The summed E-state index contributed by atoms with van der Waals surface area (Å²) >= 11 is 0. The van der Waals surface area contributed by atoms with E-state index in [9.17, 15) is 4.79 Å². The molecule has 1 aromatic rings. The van der Waals surface area contributed by atoms with Gasteiger partial charge < -0.3 is 15.4 Å². The third-order valence-electron chi connectivity index (χ3n) is 5.79. The molecule has 3 fully saturated rings. The van der Waals surface area contributed by atoms with Gasteiger partial charge in [0.05, 0.1) is 29.9 Å². The van der Waals surface area contributed by atoms with Crippen LogP contribution in [0.15, 0.2) is 12.3 Å². The minimum Gasteiger partial charge on any atom is -0.375 e. The fourth-order valence-corrected chi connectivity index (χ4v) is 4.23. The highest BCUT2D eigenvalue weighted by atomic mass is 16.5. The third-order valence-corrected chi connectivity index (χ3v) is 5.79. The van der Waals surface area contributed by atoms with Gasteiger partial charge in [-0.2, -0.15) is 5.10 Å². The number of rotatable bonds is 5. The zero-order valence-corrected chi connectivity index (χ0v) is 14.5. The molecular formula is C18H28N4O2. The number of aromatic nitrogens is 2. The van der Waals surface area contributed by atoms with E-state index in [4.69, 9.17) is 4.74 Å². The molecule has 24 heavy (non-hydrogen) atoms. The van der Waals surface area contributed by atoms with Crippen molar-refractivity contribution in [3.05, 3.63) is 18.0 Å². The van der Waals surface area contributed by atoms with Crippen molar-refractivity contribution in [2.24, 2.45) is 5.92 Å². The first-order chi connectivity index (χ1) is 11.6. The predicted molar refractivity (Wildman–Crippen MR) is 90.6 cm³/mol. The minimum atomic E-state index is -0.242. The summed E-state index contributed by atoms with van der Waals surface area (Å²) in [5, 5.41) is 10.7. The second-order valence-electron chi connectivity index (χ2n) is 7.83. The van der Waals surface area contributed by atoms with Crippen LogP contribution in [0, 0.1) is 5.92 Å². The number of nitrogens with zero attached hydrogens (tertiary/aromatic N) is 2. The zero-order valence-electron chi connectivity index (χ0n) is 14.5. The van der Waals surface area contributed by atoms with Crippen LogP contribution in [0.3, 0.4) is 0 Å². The van der Waals surface area contributed by atoms with Gasteiger partial charge in [-0.15, -0.1) is 0 Å². The van der Waals surface area contributed by atoms with E-state index in [-0.39, 0.29) is 17.7 Å². The molecule has 0 bridgehead atoms. The van der Waals surface area contributed by atoms with Crippen molar-refractivity contribution in [2.75, 3.05) is 6.61 Å². The van der Waals surface area contributed by atoms with Crippen LogP contribution in [0.2, 0.25) is 0 Å². The molecule has 6 heteroatoms. The molecule has 0 radical (unpaired) electrons. The lowest BCUT2D eigenvalue weighted by Crippen LogP contribution is -2.55. The molecule has 3 aliphatic rings. The van der Waals surface area contributed by atoms with Crippen LogP contribution in [0.1, 0.15) is 63.6 Å². The van der Waals surface area contributed by atoms with Gasteiger partial charge in [-0.1, -0.05) is 12.8 Å². The smallest absolute Gasteiger partial charge is 0.315 e. The average Bonchev–Trinajstić information content (AvgIpc) is 2.97. The normalized spacial score (nSPS) is 30.6. The van der Waals surface area contributed by atoms with Crippen LogP contribution in [-0.2, 0) is 11.3 Å². The quantitative estimate of drug-likeness (QED) is 0.871. The van der Waals surface area contributed by atoms with E-state index in [2.05, 4.69) is 27.3 Å². The molecule has 1 aromatic heterocycles. The molecule has 0 unspecified atom stereocenters. The lowest BCUT2D eigenvalue weighted by Gasteiger charge is -2.31. The van der Waals surface area contributed by atoms with Crippen molar-refractivity contribution in [3.63, 3.8) is 0 Å². The van der Waals surface area contributed by atoms with Crippen LogP contribution in [0.4, 0.5) is 4.79 Å². The summed E-state index contributed by atoms with van der Waals surface area (Å²) in [5.41, 5.74) is 0.678. The maximum atomic E-state index is 12.3. The van der Waals surface area contributed by atoms with Gasteiger partial charge in [0.1, 0.15) is 0 Å². The van der Waals surface area contributed by atoms with Crippen LogP contribution in [0.5, 0.6) is 0 Å². The van der Waals surface area contributed by atoms with Crippen molar-refractivity contribution in [3.8, 4) is 0 Å². The Kier molecular flexibility index (Phi) is 4.24. The van der Waals surface area contributed by atoms with E-state index in [1.54, 1.807) is 0 Å².